The zero-order chi connectivity index (χ0) is 16.9. The van der Waals surface area contributed by atoms with Gasteiger partial charge in [-0.2, -0.15) is 0 Å². The molecule has 0 radical (unpaired) electrons. The van der Waals surface area contributed by atoms with Crippen LogP contribution in [-0.2, 0) is 16.1 Å². The molecular formula is C18H17NO5. The average Bonchev–Trinajstić information content (AvgIpc) is 2.61. The van der Waals surface area contributed by atoms with Crippen LogP contribution in [0.2, 0.25) is 0 Å². The first-order valence-corrected chi connectivity index (χ1v) is 7.57. The normalized spacial score (nSPS) is 18.8. The lowest BCUT2D eigenvalue weighted by Crippen LogP contribution is -2.42. The zero-order valence-electron chi connectivity index (χ0n) is 12.8. The molecule has 3 rings (SSSR count). The van der Waals surface area contributed by atoms with E-state index in [2.05, 4.69) is 5.32 Å². The monoisotopic (exact) mass is 327 g/mol. The Bertz CT molecular complexity index is 731. The van der Waals surface area contributed by atoms with E-state index < -0.39 is 24.0 Å². The number of alkyl carbamates (subject to hydrolysis) is 1. The molecule has 6 heteroatoms. The summed E-state index contributed by atoms with van der Waals surface area (Å²) in [6, 6.07) is 15.6. The Morgan fingerprint density at radius 3 is 2.58 bits per heavy atom. The first kappa shape index (κ1) is 15.9. The molecule has 0 unspecified atom stereocenters. The lowest BCUT2D eigenvalue weighted by atomic mass is 9.91. The molecule has 0 spiro atoms. The minimum absolute atomic E-state index is 0.00399. The summed E-state index contributed by atoms with van der Waals surface area (Å²) in [6.07, 6.45) is -0.660. The number of hydrogen-bond donors (Lipinski definition) is 2. The lowest BCUT2D eigenvalue weighted by Gasteiger charge is -2.31. The second-order valence-electron chi connectivity index (χ2n) is 5.48. The first-order chi connectivity index (χ1) is 11.6. The second kappa shape index (κ2) is 7.04. The summed E-state index contributed by atoms with van der Waals surface area (Å²) in [5, 5.41) is 12.0. The molecule has 0 aromatic heterocycles. The Hall–Kier alpha value is -3.02. The number of rotatable bonds is 4. The minimum atomic E-state index is -1.03. The topological polar surface area (TPSA) is 84.9 Å². The molecule has 0 aliphatic carbocycles. The Morgan fingerprint density at radius 1 is 1.12 bits per heavy atom. The molecule has 124 valence electrons. The smallest absolute Gasteiger partial charge is 0.407 e. The molecule has 2 N–H and O–H groups in total. The number of benzene rings is 2. The number of carbonyl (C=O) groups is 2. The van der Waals surface area contributed by atoms with E-state index in [0.29, 0.717) is 11.3 Å². The van der Waals surface area contributed by atoms with Gasteiger partial charge in [0.2, 0.25) is 0 Å². The number of aliphatic carboxylic acids is 1. The van der Waals surface area contributed by atoms with Crippen molar-refractivity contribution in [3.63, 3.8) is 0 Å². The van der Waals surface area contributed by atoms with E-state index in [1.165, 1.54) is 0 Å². The van der Waals surface area contributed by atoms with Crippen LogP contribution in [0.3, 0.4) is 0 Å². The van der Waals surface area contributed by atoms with Gasteiger partial charge in [-0.25, -0.2) is 4.79 Å². The van der Waals surface area contributed by atoms with Gasteiger partial charge in [-0.05, 0) is 11.6 Å². The number of carbonyl (C=O) groups excluding carboxylic acids is 1. The number of carboxylic acids is 1. The van der Waals surface area contributed by atoms with Crippen molar-refractivity contribution in [3.05, 3.63) is 65.7 Å². The van der Waals surface area contributed by atoms with Gasteiger partial charge in [0.1, 0.15) is 24.9 Å². The van der Waals surface area contributed by atoms with E-state index in [-0.39, 0.29) is 13.2 Å². The molecule has 0 saturated heterocycles. The molecule has 0 bridgehead atoms. The van der Waals surface area contributed by atoms with Crippen LogP contribution in [0, 0.1) is 5.92 Å². The highest BCUT2D eigenvalue weighted by atomic mass is 16.5. The molecule has 0 saturated carbocycles. The average molecular weight is 327 g/mol. The second-order valence-corrected chi connectivity index (χ2v) is 5.48. The third-order valence-electron chi connectivity index (χ3n) is 3.88. The molecule has 24 heavy (non-hydrogen) atoms. The number of fused-ring (bicyclic) bond motifs is 1. The van der Waals surface area contributed by atoms with Crippen molar-refractivity contribution in [2.24, 2.45) is 5.92 Å². The number of carboxylic acid groups (broad SMARTS) is 1. The van der Waals surface area contributed by atoms with Gasteiger partial charge in [0.05, 0.1) is 6.04 Å². The maximum atomic E-state index is 12.1. The fourth-order valence-electron chi connectivity index (χ4n) is 2.65. The number of hydrogen-bond acceptors (Lipinski definition) is 4. The molecular weight excluding hydrogens is 310 g/mol. The van der Waals surface area contributed by atoms with E-state index in [1.807, 2.05) is 30.3 Å². The van der Waals surface area contributed by atoms with Crippen molar-refractivity contribution in [1.82, 2.24) is 5.32 Å². The third-order valence-corrected chi connectivity index (χ3v) is 3.88. The SMILES string of the molecule is O=C(N[C@H]1c2ccccc2OC[C@H]1C(=O)O)OCc1ccccc1. The van der Waals surface area contributed by atoms with Crippen LogP contribution in [0.5, 0.6) is 5.75 Å². The highest BCUT2D eigenvalue weighted by Gasteiger charge is 2.37. The Kier molecular flexibility index (Phi) is 4.65. The number of para-hydroxylation sites is 1. The van der Waals surface area contributed by atoms with Crippen molar-refractivity contribution in [2.45, 2.75) is 12.6 Å². The summed E-state index contributed by atoms with van der Waals surface area (Å²) in [4.78, 5) is 23.6. The summed E-state index contributed by atoms with van der Waals surface area (Å²) in [6.45, 7) is 0.116. The van der Waals surface area contributed by atoms with Crippen LogP contribution in [0.1, 0.15) is 17.2 Å². The van der Waals surface area contributed by atoms with Crippen LogP contribution in [0.15, 0.2) is 54.6 Å². The zero-order valence-corrected chi connectivity index (χ0v) is 12.8. The summed E-state index contributed by atoms with van der Waals surface area (Å²) in [5.41, 5.74) is 1.49. The number of amides is 1. The Balaban J connectivity index is 1.71. The Morgan fingerprint density at radius 2 is 1.83 bits per heavy atom. The van der Waals surface area contributed by atoms with Gasteiger partial charge in [-0.15, -0.1) is 0 Å². The predicted octanol–water partition coefficient (Wildman–Crippen LogP) is 2.75. The molecule has 1 aliphatic heterocycles. The van der Waals surface area contributed by atoms with Gasteiger partial charge in [0, 0.05) is 5.56 Å². The van der Waals surface area contributed by atoms with Crippen molar-refractivity contribution in [1.29, 1.82) is 0 Å². The van der Waals surface area contributed by atoms with Gasteiger partial charge in [-0.3, -0.25) is 4.79 Å². The molecule has 1 amide bonds. The van der Waals surface area contributed by atoms with Gasteiger partial charge in [0.25, 0.3) is 0 Å². The standard InChI is InChI=1S/C18H17NO5/c20-17(21)14-11-23-15-9-5-4-8-13(15)16(14)19-18(22)24-10-12-6-2-1-3-7-12/h1-9,14,16H,10-11H2,(H,19,22)(H,20,21)/t14-,16+/m1/s1. The molecule has 2 aromatic rings. The maximum Gasteiger partial charge on any atom is 0.407 e. The van der Waals surface area contributed by atoms with E-state index in [4.69, 9.17) is 9.47 Å². The molecule has 1 heterocycles. The Labute approximate surface area is 139 Å². The third kappa shape index (κ3) is 3.48. The molecule has 6 nitrogen and oxygen atoms in total. The van der Waals surface area contributed by atoms with E-state index >= 15 is 0 Å². The van der Waals surface area contributed by atoms with Gasteiger partial charge in [-0.1, -0.05) is 48.5 Å². The van der Waals surface area contributed by atoms with Crippen LogP contribution < -0.4 is 10.1 Å². The molecule has 2 atom stereocenters. The van der Waals surface area contributed by atoms with Gasteiger partial charge >= 0.3 is 12.1 Å². The lowest BCUT2D eigenvalue weighted by molar-refractivity contribution is -0.144. The van der Waals surface area contributed by atoms with E-state index in [1.54, 1.807) is 24.3 Å². The minimum Gasteiger partial charge on any atom is -0.492 e. The maximum absolute atomic E-state index is 12.1. The summed E-state index contributed by atoms with van der Waals surface area (Å²) < 4.78 is 10.7. The van der Waals surface area contributed by atoms with E-state index in [9.17, 15) is 14.7 Å². The van der Waals surface area contributed by atoms with Crippen molar-refractivity contribution < 1.29 is 24.2 Å². The highest BCUT2D eigenvalue weighted by molar-refractivity contribution is 5.75. The van der Waals surface area contributed by atoms with Crippen LogP contribution in [0.25, 0.3) is 0 Å². The summed E-state index contributed by atoms with van der Waals surface area (Å²) >= 11 is 0. The molecule has 0 fully saturated rings. The van der Waals surface area contributed by atoms with Crippen LogP contribution >= 0.6 is 0 Å². The fraction of sp³-hybridized carbons (Fsp3) is 0.222. The van der Waals surface area contributed by atoms with Crippen LogP contribution in [0.4, 0.5) is 4.79 Å². The summed E-state index contributed by atoms with van der Waals surface area (Å²) in [5.74, 6) is -1.33. The highest BCUT2D eigenvalue weighted by Crippen LogP contribution is 2.35. The quantitative estimate of drug-likeness (QED) is 0.902. The van der Waals surface area contributed by atoms with Crippen molar-refractivity contribution in [2.75, 3.05) is 6.61 Å². The predicted molar refractivity (Wildman–Crippen MR) is 85.6 cm³/mol. The number of ether oxygens (including phenoxy) is 2. The van der Waals surface area contributed by atoms with Crippen molar-refractivity contribution >= 4 is 12.1 Å². The first-order valence-electron chi connectivity index (χ1n) is 7.57. The summed E-state index contributed by atoms with van der Waals surface area (Å²) in [7, 11) is 0. The molecule has 2 aromatic carbocycles. The van der Waals surface area contributed by atoms with Gasteiger partial charge in [0.15, 0.2) is 0 Å². The van der Waals surface area contributed by atoms with Crippen molar-refractivity contribution in [3.8, 4) is 5.75 Å². The van der Waals surface area contributed by atoms with Crippen LogP contribution in [-0.4, -0.2) is 23.8 Å². The molecule has 1 aliphatic rings. The largest absolute Gasteiger partial charge is 0.492 e. The fourth-order valence-corrected chi connectivity index (χ4v) is 2.65. The van der Waals surface area contributed by atoms with Gasteiger partial charge < -0.3 is 19.9 Å². The number of nitrogens with one attached hydrogen (secondary N) is 1. The van der Waals surface area contributed by atoms with E-state index in [0.717, 1.165) is 5.56 Å².